The van der Waals surface area contributed by atoms with E-state index in [1.165, 1.54) is 11.3 Å². The maximum Gasteiger partial charge on any atom is 0.319 e. The summed E-state index contributed by atoms with van der Waals surface area (Å²) < 4.78 is 0. The number of nitrogens with zero attached hydrogens (tertiary/aromatic N) is 3. The van der Waals surface area contributed by atoms with Gasteiger partial charge in [0, 0.05) is 39.8 Å². The number of piperidine rings is 1. The predicted octanol–water partition coefficient (Wildman–Crippen LogP) is 2.10. The van der Waals surface area contributed by atoms with Gasteiger partial charge in [0.2, 0.25) is 5.91 Å². The average molecular weight is 363 g/mol. The first-order chi connectivity index (χ1) is 11.8. The molecule has 0 saturated carbocycles. The summed E-state index contributed by atoms with van der Waals surface area (Å²) in [6.45, 7) is 3.61. The van der Waals surface area contributed by atoms with Gasteiger partial charge in [-0.2, -0.15) is 0 Å². The lowest BCUT2D eigenvalue weighted by molar-refractivity contribution is -0.134. The molecule has 0 aliphatic carbocycles. The van der Waals surface area contributed by atoms with Crippen molar-refractivity contribution in [2.45, 2.75) is 32.2 Å². The molecule has 3 saturated heterocycles. The molecule has 25 heavy (non-hydrogen) atoms. The minimum absolute atomic E-state index is 0.0233. The van der Waals surface area contributed by atoms with Crippen LogP contribution in [0, 0.1) is 5.92 Å². The summed E-state index contributed by atoms with van der Waals surface area (Å²) in [4.78, 5) is 42.7. The number of carbonyl (C=O) groups is 3. The maximum atomic E-state index is 12.8. The van der Waals surface area contributed by atoms with Gasteiger partial charge in [-0.1, -0.05) is 0 Å². The van der Waals surface area contributed by atoms with Crippen LogP contribution in [0.1, 0.15) is 35.0 Å². The van der Waals surface area contributed by atoms with Gasteiger partial charge in [0.1, 0.15) is 0 Å². The summed E-state index contributed by atoms with van der Waals surface area (Å²) in [7, 11) is 3.53. The molecule has 2 bridgehead atoms. The van der Waals surface area contributed by atoms with Crippen LogP contribution in [0.25, 0.3) is 0 Å². The summed E-state index contributed by atoms with van der Waals surface area (Å²) in [6.07, 6.45) is 2.35. The van der Waals surface area contributed by atoms with Gasteiger partial charge in [0.25, 0.3) is 0 Å². The number of urea groups is 1. The number of fused-ring (bicyclic) bond motifs is 4. The molecule has 136 valence electrons. The number of ketones is 1. The van der Waals surface area contributed by atoms with Gasteiger partial charge in [-0.25, -0.2) is 4.79 Å². The lowest BCUT2D eigenvalue weighted by Gasteiger charge is -2.36. The molecule has 4 heterocycles. The Balaban J connectivity index is 1.69. The van der Waals surface area contributed by atoms with E-state index < -0.39 is 0 Å². The Morgan fingerprint density at radius 1 is 1.20 bits per heavy atom. The van der Waals surface area contributed by atoms with Gasteiger partial charge in [-0.05, 0) is 42.7 Å². The summed E-state index contributed by atoms with van der Waals surface area (Å²) >= 11 is 1.39. The minimum Gasteiger partial charge on any atom is -0.337 e. The van der Waals surface area contributed by atoms with E-state index in [-0.39, 0.29) is 23.8 Å². The van der Waals surface area contributed by atoms with Crippen molar-refractivity contribution in [1.29, 1.82) is 0 Å². The summed E-state index contributed by atoms with van der Waals surface area (Å²) in [5.74, 6) is 0.485. The van der Waals surface area contributed by atoms with Crippen molar-refractivity contribution in [3.8, 4) is 0 Å². The molecule has 0 radical (unpaired) electrons. The second-order valence-corrected chi connectivity index (χ2v) is 8.19. The Hall–Kier alpha value is -1.89. The van der Waals surface area contributed by atoms with E-state index in [9.17, 15) is 14.4 Å². The SMILES string of the molecule is CC(=O)c1cc(CC(=O)N2C[C@@H]3CC[C@H]2CN(C(=O)N(C)C)C3)cs1. The van der Waals surface area contributed by atoms with E-state index in [0.717, 1.165) is 31.5 Å². The van der Waals surface area contributed by atoms with Crippen LogP contribution >= 0.6 is 11.3 Å². The lowest BCUT2D eigenvalue weighted by Crippen LogP contribution is -2.48. The van der Waals surface area contributed by atoms with E-state index in [1.54, 1.807) is 25.9 Å². The second kappa shape index (κ2) is 7.15. The van der Waals surface area contributed by atoms with Crippen LogP contribution in [0.3, 0.4) is 0 Å². The van der Waals surface area contributed by atoms with E-state index in [2.05, 4.69) is 0 Å². The molecule has 3 aliphatic rings. The third-order valence-electron chi connectivity index (χ3n) is 5.04. The molecule has 3 amide bonds. The Kier molecular flexibility index (Phi) is 5.13. The topological polar surface area (TPSA) is 60.9 Å². The molecule has 1 aromatic heterocycles. The van der Waals surface area contributed by atoms with Crippen molar-refractivity contribution in [2.24, 2.45) is 5.92 Å². The predicted molar refractivity (Wildman–Crippen MR) is 96.9 cm³/mol. The van der Waals surface area contributed by atoms with Crippen molar-refractivity contribution < 1.29 is 14.4 Å². The highest BCUT2D eigenvalue weighted by Crippen LogP contribution is 2.29. The molecule has 7 heteroatoms. The lowest BCUT2D eigenvalue weighted by atomic mass is 9.94. The number of Topliss-reactive ketones (excluding diaryl/α,β-unsaturated/α-hetero) is 1. The van der Waals surface area contributed by atoms with Crippen LogP contribution in [0.2, 0.25) is 0 Å². The van der Waals surface area contributed by atoms with Crippen molar-refractivity contribution in [2.75, 3.05) is 33.7 Å². The molecule has 4 rings (SSSR count). The number of amides is 3. The molecule has 0 N–H and O–H groups in total. The summed E-state index contributed by atoms with van der Waals surface area (Å²) in [5.41, 5.74) is 0.904. The van der Waals surface area contributed by atoms with Crippen LogP contribution in [-0.4, -0.2) is 72.2 Å². The number of thiophene rings is 1. The largest absolute Gasteiger partial charge is 0.337 e. The number of rotatable bonds is 3. The molecule has 2 atom stereocenters. The van der Waals surface area contributed by atoms with E-state index in [1.807, 2.05) is 21.2 Å². The quantitative estimate of drug-likeness (QED) is 0.773. The molecular weight excluding hydrogens is 338 g/mol. The van der Waals surface area contributed by atoms with Crippen LogP contribution in [0.5, 0.6) is 0 Å². The molecule has 1 aromatic rings. The van der Waals surface area contributed by atoms with Gasteiger partial charge < -0.3 is 14.7 Å². The van der Waals surface area contributed by atoms with Gasteiger partial charge >= 0.3 is 6.03 Å². The molecular formula is C18H25N3O3S. The first kappa shape index (κ1) is 17.9. The summed E-state index contributed by atoms with van der Waals surface area (Å²) in [5, 5.41) is 1.90. The molecule has 0 spiro atoms. The number of hydrogen-bond acceptors (Lipinski definition) is 4. The fourth-order valence-corrected chi connectivity index (χ4v) is 4.57. The zero-order valence-electron chi connectivity index (χ0n) is 15.0. The van der Waals surface area contributed by atoms with Gasteiger partial charge in [-0.15, -0.1) is 11.3 Å². The highest BCUT2D eigenvalue weighted by atomic mass is 32.1. The molecule has 6 nitrogen and oxygen atoms in total. The molecule has 3 fully saturated rings. The van der Waals surface area contributed by atoms with Crippen LogP contribution in [0.15, 0.2) is 11.4 Å². The van der Waals surface area contributed by atoms with Crippen molar-refractivity contribution in [1.82, 2.24) is 14.7 Å². The Morgan fingerprint density at radius 2 is 1.96 bits per heavy atom. The molecule has 0 aromatic carbocycles. The normalized spacial score (nSPS) is 22.7. The monoisotopic (exact) mass is 363 g/mol. The average Bonchev–Trinajstić information content (AvgIpc) is 2.84. The number of hydrogen-bond donors (Lipinski definition) is 0. The van der Waals surface area contributed by atoms with E-state index in [0.29, 0.717) is 23.8 Å². The van der Waals surface area contributed by atoms with Gasteiger partial charge in [0.05, 0.1) is 11.3 Å². The maximum absolute atomic E-state index is 12.8. The standard InChI is InChI=1S/C18H25N3O3S/c1-12(22)16-6-14(11-25-16)7-17(23)21-9-13-4-5-15(21)10-20(8-13)18(24)19(2)3/h6,11,13,15H,4-5,7-10H2,1-3H3/t13-,15+/m1/s1. The smallest absolute Gasteiger partial charge is 0.319 e. The highest BCUT2D eigenvalue weighted by Gasteiger charge is 2.38. The van der Waals surface area contributed by atoms with Crippen LogP contribution in [0.4, 0.5) is 4.79 Å². The van der Waals surface area contributed by atoms with Gasteiger partial charge in [-0.3, -0.25) is 9.59 Å². The van der Waals surface area contributed by atoms with E-state index in [4.69, 9.17) is 0 Å². The number of carbonyl (C=O) groups excluding carboxylic acids is 3. The zero-order valence-corrected chi connectivity index (χ0v) is 15.8. The minimum atomic E-state index is 0.0233. The summed E-state index contributed by atoms with van der Waals surface area (Å²) in [6, 6.07) is 1.94. The third kappa shape index (κ3) is 3.86. The van der Waals surface area contributed by atoms with Crippen molar-refractivity contribution in [3.63, 3.8) is 0 Å². The fourth-order valence-electron chi connectivity index (χ4n) is 3.76. The van der Waals surface area contributed by atoms with E-state index >= 15 is 0 Å². The third-order valence-corrected chi connectivity index (χ3v) is 6.12. The molecule has 0 unspecified atom stereocenters. The fraction of sp³-hybridized carbons (Fsp3) is 0.611. The van der Waals surface area contributed by atoms with Crippen molar-refractivity contribution in [3.05, 3.63) is 21.9 Å². The Labute approximate surface area is 152 Å². The Bertz CT molecular complexity index is 685. The van der Waals surface area contributed by atoms with Gasteiger partial charge in [0.15, 0.2) is 5.78 Å². The molecule has 3 aliphatic heterocycles. The van der Waals surface area contributed by atoms with Crippen LogP contribution < -0.4 is 0 Å². The first-order valence-electron chi connectivity index (χ1n) is 8.69. The first-order valence-corrected chi connectivity index (χ1v) is 9.57. The highest BCUT2D eigenvalue weighted by molar-refractivity contribution is 7.12. The van der Waals surface area contributed by atoms with Crippen molar-refractivity contribution >= 4 is 29.1 Å². The Morgan fingerprint density at radius 3 is 2.60 bits per heavy atom. The second-order valence-electron chi connectivity index (χ2n) is 7.28. The van der Waals surface area contributed by atoms with Crippen LogP contribution in [-0.2, 0) is 11.2 Å². The zero-order chi connectivity index (χ0) is 18.1.